The third-order valence-corrected chi connectivity index (χ3v) is 6.16. The maximum Gasteiger partial charge on any atom is 0.416 e. The molecular formula is C24H18F5O4S-. The average molecular weight is 497 g/mol. The number of hydrogen-bond acceptors (Lipinski definition) is 5. The molecule has 0 saturated carbocycles. The van der Waals surface area contributed by atoms with Crippen LogP contribution in [0.5, 0.6) is 5.75 Å². The number of aryl methyl sites for hydroxylation is 1. The zero-order valence-corrected chi connectivity index (χ0v) is 18.8. The van der Waals surface area contributed by atoms with Gasteiger partial charge in [0.05, 0.1) is 16.4 Å². The lowest BCUT2D eigenvalue weighted by Gasteiger charge is -2.27. The summed E-state index contributed by atoms with van der Waals surface area (Å²) in [4.78, 5) is 24.5. The summed E-state index contributed by atoms with van der Waals surface area (Å²) in [6.45, 7) is 2.26. The molecule has 1 aromatic heterocycles. The molecule has 0 unspecified atom stereocenters. The van der Waals surface area contributed by atoms with E-state index in [1.165, 1.54) is 24.3 Å². The third-order valence-electron chi connectivity index (χ3n) is 4.98. The number of ketones is 1. The van der Waals surface area contributed by atoms with Crippen LogP contribution in [0.2, 0.25) is 0 Å². The van der Waals surface area contributed by atoms with E-state index in [2.05, 4.69) is 0 Å². The lowest BCUT2D eigenvalue weighted by molar-refractivity contribution is -0.320. The van der Waals surface area contributed by atoms with Crippen molar-refractivity contribution in [1.29, 1.82) is 0 Å². The van der Waals surface area contributed by atoms with Gasteiger partial charge in [-0.1, -0.05) is 18.2 Å². The second kappa shape index (κ2) is 9.54. The van der Waals surface area contributed by atoms with Crippen molar-refractivity contribution in [3.8, 4) is 16.2 Å². The van der Waals surface area contributed by atoms with Crippen LogP contribution in [0.25, 0.3) is 10.4 Å². The number of rotatable bonds is 8. The van der Waals surface area contributed by atoms with Gasteiger partial charge in [-0.05, 0) is 61.7 Å². The van der Waals surface area contributed by atoms with Crippen molar-refractivity contribution in [2.45, 2.75) is 38.5 Å². The Balaban J connectivity index is 1.68. The first-order valence-corrected chi connectivity index (χ1v) is 10.8. The molecule has 0 saturated heterocycles. The van der Waals surface area contributed by atoms with Crippen molar-refractivity contribution in [1.82, 2.24) is 0 Å². The molecule has 0 aliphatic rings. The highest BCUT2D eigenvalue weighted by Crippen LogP contribution is 2.34. The first-order valence-electron chi connectivity index (χ1n) is 9.97. The SMILES string of the molecule is CC(C)(Oc1ccc(CCC(=O)c2ccc(-c3ccc(C(F)(F)F)cc3)s2)c(F)c1F)C(=O)[O-]. The van der Waals surface area contributed by atoms with Gasteiger partial charge in [0, 0.05) is 11.3 Å². The number of ether oxygens (including phenoxy) is 1. The predicted octanol–water partition coefficient (Wildman–Crippen LogP) is 5.43. The Morgan fingerprint density at radius 2 is 1.59 bits per heavy atom. The van der Waals surface area contributed by atoms with Crippen molar-refractivity contribution >= 4 is 23.1 Å². The van der Waals surface area contributed by atoms with Crippen LogP contribution in [0.1, 0.15) is 41.1 Å². The molecule has 0 radical (unpaired) electrons. The zero-order valence-electron chi connectivity index (χ0n) is 18.0. The number of thiophene rings is 1. The van der Waals surface area contributed by atoms with Crippen LogP contribution in [-0.2, 0) is 17.4 Å². The van der Waals surface area contributed by atoms with Crippen LogP contribution < -0.4 is 9.84 Å². The van der Waals surface area contributed by atoms with Gasteiger partial charge >= 0.3 is 6.18 Å². The molecule has 0 amide bonds. The van der Waals surface area contributed by atoms with Gasteiger partial charge in [-0.2, -0.15) is 17.6 Å². The van der Waals surface area contributed by atoms with E-state index >= 15 is 0 Å². The summed E-state index contributed by atoms with van der Waals surface area (Å²) in [5.41, 5.74) is -2.24. The second-order valence-corrected chi connectivity index (χ2v) is 9.00. The van der Waals surface area contributed by atoms with Crippen molar-refractivity contribution < 1.29 is 41.4 Å². The van der Waals surface area contributed by atoms with E-state index in [4.69, 9.17) is 4.74 Å². The van der Waals surface area contributed by atoms with Crippen molar-refractivity contribution in [2.75, 3.05) is 0 Å². The van der Waals surface area contributed by atoms with Gasteiger partial charge < -0.3 is 14.6 Å². The minimum atomic E-state index is -4.45. The number of carboxylic acid groups (broad SMARTS) is 1. The van der Waals surface area contributed by atoms with Crippen LogP contribution in [0, 0.1) is 11.6 Å². The largest absolute Gasteiger partial charge is 0.546 e. The van der Waals surface area contributed by atoms with Crippen LogP contribution in [0.3, 0.4) is 0 Å². The Morgan fingerprint density at radius 3 is 2.18 bits per heavy atom. The molecule has 1 heterocycles. The number of aliphatic carboxylic acids is 1. The molecule has 0 fully saturated rings. The molecular weight excluding hydrogens is 479 g/mol. The molecule has 0 N–H and O–H groups in total. The number of Topliss-reactive ketones (excluding diaryl/α,β-unsaturated/α-hetero) is 1. The van der Waals surface area contributed by atoms with Gasteiger partial charge in [0.25, 0.3) is 0 Å². The number of carbonyl (C=O) groups excluding carboxylic acids is 2. The Hall–Kier alpha value is -3.27. The van der Waals surface area contributed by atoms with Crippen LogP contribution in [0.15, 0.2) is 48.5 Å². The van der Waals surface area contributed by atoms with E-state index in [0.717, 1.165) is 43.4 Å². The molecule has 0 aliphatic heterocycles. The standard InChI is InChI=1S/C24H19F5O4S/c1-23(2,22(31)32)33-17-10-6-14(20(25)21(17)26)5-9-16(30)19-12-11-18(34-19)13-3-7-15(8-4-13)24(27,28)29/h3-4,6-8,10-12H,5,9H2,1-2H3,(H,31,32)/p-1. The second-order valence-electron chi connectivity index (χ2n) is 7.91. The summed E-state index contributed by atoms with van der Waals surface area (Å²) < 4.78 is 71.9. The van der Waals surface area contributed by atoms with E-state index in [1.807, 2.05) is 0 Å². The molecule has 3 aromatic rings. The highest BCUT2D eigenvalue weighted by molar-refractivity contribution is 7.17. The van der Waals surface area contributed by atoms with E-state index < -0.39 is 40.7 Å². The molecule has 2 aromatic carbocycles. The highest BCUT2D eigenvalue weighted by Gasteiger charge is 2.30. The molecule has 0 spiro atoms. The maximum absolute atomic E-state index is 14.4. The Kier molecular flexibility index (Phi) is 7.11. The molecule has 0 aliphatic carbocycles. The highest BCUT2D eigenvalue weighted by atomic mass is 32.1. The van der Waals surface area contributed by atoms with Crippen molar-refractivity contribution in [2.24, 2.45) is 0 Å². The van der Waals surface area contributed by atoms with E-state index in [-0.39, 0.29) is 24.2 Å². The molecule has 3 rings (SSSR count). The first-order chi connectivity index (χ1) is 15.8. The molecule has 10 heteroatoms. The summed E-state index contributed by atoms with van der Waals surface area (Å²) >= 11 is 1.08. The number of carbonyl (C=O) groups is 2. The summed E-state index contributed by atoms with van der Waals surface area (Å²) in [7, 11) is 0. The zero-order chi connectivity index (χ0) is 25.3. The molecule has 0 bridgehead atoms. The first kappa shape index (κ1) is 25.4. The van der Waals surface area contributed by atoms with E-state index in [9.17, 15) is 36.6 Å². The lowest BCUT2D eigenvalue weighted by atomic mass is 10.1. The van der Waals surface area contributed by atoms with Gasteiger partial charge in [-0.15, -0.1) is 11.3 Å². The van der Waals surface area contributed by atoms with Gasteiger partial charge in [0.2, 0.25) is 5.82 Å². The number of alkyl halides is 3. The Labute approximate surface area is 195 Å². The smallest absolute Gasteiger partial charge is 0.416 e. The number of hydrogen-bond donors (Lipinski definition) is 0. The fourth-order valence-corrected chi connectivity index (χ4v) is 3.98. The summed E-state index contributed by atoms with van der Waals surface area (Å²) in [5.74, 6) is -5.17. The molecule has 180 valence electrons. The summed E-state index contributed by atoms with van der Waals surface area (Å²) in [6.07, 6.45) is -4.72. The summed E-state index contributed by atoms with van der Waals surface area (Å²) in [5, 5.41) is 11.0. The predicted molar refractivity (Wildman–Crippen MR) is 113 cm³/mol. The molecule has 4 nitrogen and oxygen atoms in total. The minimum Gasteiger partial charge on any atom is -0.546 e. The van der Waals surface area contributed by atoms with Gasteiger partial charge in [0.15, 0.2) is 17.3 Å². The van der Waals surface area contributed by atoms with Crippen LogP contribution >= 0.6 is 11.3 Å². The van der Waals surface area contributed by atoms with Gasteiger partial charge in [-0.25, -0.2) is 4.39 Å². The normalized spacial score (nSPS) is 12.0. The molecule has 34 heavy (non-hydrogen) atoms. The topological polar surface area (TPSA) is 66.4 Å². The van der Waals surface area contributed by atoms with Gasteiger partial charge in [0.1, 0.15) is 5.60 Å². The monoisotopic (exact) mass is 497 g/mol. The summed E-state index contributed by atoms with van der Waals surface area (Å²) in [6, 6.07) is 9.94. The lowest BCUT2D eigenvalue weighted by Crippen LogP contribution is -2.48. The van der Waals surface area contributed by atoms with E-state index in [1.54, 1.807) is 6.07 Å². The molecule has 0 atom stereocenters. The van der Waals surface area contributed by atoms with Gasteiger partial charge in [-0.3, -0.25) is 4.79 Å². The Morgan fingerprint density at radius 1 is 0.941 bits per heavy atom. The van der Waals surface area contributed by atoms with Crippen LogP contribution in [0.4, 0.5) is 22.0 Å². The quantitative estimate of drug-likeness (QED) is 0.307. The maximum atomic E-state index is 14.4. The van der Waals surface area contributed by atoms with E-state index in [0.29, 0.717) is 15.3 Å². The number of benzene rings is 2. The average Bonchev–Trinajstić information content (AvgIpc) is 3.26. The number of halogens is 5. The fourth-order valence-electron chi connectivity index (χ4n) is 3.00. The Bertz CT molecular complexity index is 1210. The minimum absolute atomic E-state index is 0.0935. The van der Waals surface area contributed by atoms with Crippen LogP contribution in [-0.4, -0.2) is 17.4 Å². The van der Waals surface area contributed by atoms with Crippen molar-refractivity contribution in [3.05, 3.63) is 76.2 Å². The number of carboxylic acids is 1. The third kappa shape index (κ3) is 5.61. The fraction of sp³-hybridized carbons (Fsp3) is 0.250. The van der Waals surface area contributed by atoms with Crippen molar-refractivity contribution in [3.63, 3.8) is 0 Å².